The number of piperazine rings is 1. The third-order valence-electron chi connectivity index (χ3n) is 6.95. The number of anilines is 1. The van der Waals surface area contributed by atoms with Crippen LogP contribution < -0.4 is 4.90 Å². The van der Waals surface area contributed by atoms with Gasteiger partial charge in [0.2, 0.25) is 5.91 Å². The molecule has 0 N–H and O–H groups in total. The molecule has 9 nitrogen and oxygen atoms in total. The van der Waals surface area contributed by atoms with E-state index in [9.17, 15) is 9.59 Å². The number of hydrogen-bond acceptors (Lipinski definition) is 7. The number of carbonyl (C=O) groups excluding carboxylic acids is 2. The zero-order valence-electron chi connectivity index (χ0n) is 19.4. The van der Waals surface area contributed by atoms with Crippen molar-refractivity contribution in [2.45, 2.75) is 30.8 Å². The summed E-state index contributed by atoms with van der Waals surface area (Å²) in [5.41, 5.74) is 0.566. The van der Waals surface area contributed by atoms with Crippen LogP contribution in [-0.4, -0.2) is 84.6 Å². The van der Waals surface area contributed by atoms with Gasteiger partial charge >= 0.3 is 6.09 Å². The molecule has 3 fully saturated rings. The van der Waals surface area contributed by atoms with E-state index in [1.807, 2.05) is 42.5 Å². The topological polar surface area (TPSA) is 84.4 Å². The highest BCUT2D eigenvalue weighted by Gasteiger charge is 2.60. The molecule has 0 bridgehead atoms. The summed E-state index contributed by atoms with van der Waals surface area (Å²) in [4.78, 5) is 35.6. The third-order valence-corrected chi connectivity index (χ3v) is 6.95. The molecular weight excluding hydrogens is 436 g/mol. The molecular formula is C25H30N4O5. The van der Waals surface area contributed by atoms with Crippen molar-refractivity contribution >= 4 is 17.7 Å². The number of aromatic nitrogens is 1. The number of rotatable bonds is 5. The van der Waals surface area contributed by atoms with Crippen molar-refractivity contribution in [2.24, 2.45) is 0 Å². The fraction of sp³-hybridized carbons (Fsp3) is 0.480. The lowest BCUT2D eigenvalue weighted by Crippen LogP contribution is -2.65. The molecule has 1 atom stereocenters. The van der Waals surface area contributed by atoms with Crippen LogP contribution in [0, 0.1) is 0 Å². The quantitative estimate of drug-likeness (QED) is 0.668. The minimum absolute atomic E-state index is 0.0261. The Bertz CT molecular complexity index is 1010. The van der Waals surface area contributed by atoms with Gasteiger partial charge < -0.3 is 24.0 Å². The minimum Gasteiger partial charge on any atom is -0.445 e. The molecule has 4 heterocycles. The Hall–Kier alpha value is -3.17. The number of fused-ring (bicyclic) bond motifs is 1. The largest absolute Gasteiger partial charge is 0.445 e. The van der Waals surface area contributed by atoms with E-state index in [0.717, 1.165) is 37.2 Å². The lowest BCUT2D eigenvalue weighted by molar-refractivity contribution is -0.198. The van der Waals surface area contributed by atoms with Crippen molar-refractivity contribution in [3.8, 4) is 0 Å². The standard InChI is InChI=1S/C25H30N4O5/c1-32-19-25-18-28(23(31)33-16-20-5-3-2-4-6-20)15-22(30)29(25)17-24(34-25)9-13-27(14-10-24)21-7-11-26-12-8-21/h2-8,11-12H,9-10,13-19H2,1H3. The van der Waals surface area contributed by atoms with Gasteiger partial charge in [0.1, 0.15) is 13.2 Å². The second kappa shape index (κ2) is 9.23. The monoisotopic (exact) mass is 466 g/mol. The predicted molar refractivity (Wildman–Crippen MR) is 124 cm³/mol. The zero-order chi connectivity index (χ0) is 23.6. The molecule has 34 heavy (non-hydrogen) atoms. The Morgan fingerprint density at radius 3 is 2.53 bits per heavy atom. The van der Waals surface area contributed by atoms with Crippen molar-refractivity contribution in [3.05, 3.63) is 60.4 Å². The number of carbonyl (C=O) groups is 2. The maximum atomic E-state index is 13.2. The molecule has 0 saturated carbocycles. The molecule has 1 aromatic heterocycles. The maximum absolute atomic E-state index is 13.2. The summed E-state index contributed by atoms with van der Waals surface area (Å²) in [5.74, 6) is -0.145. The second-order valence-electron chi connectivity index (χ2n) is 9.23. The van der Waals surface area contributed by atoms with Crippen molar-refractivity contribution < 1.29 is 23.8 Å². The van der Waals surface area contributed by atoms with Gasteiger partial charge in [-0.2, -0.15) is 0 Å². The first kappa shape index (κ1) is 22.6. The lowest BCUT2D eigenvalue weighted by Gasteiger charge is -2.44. The van der Waals surface area contributed by atoms with Gasteiger partial charge in [-0.1, -0.05) is 30.3 Å². The Morgan fingerprint density at radius 2 is 1.82 bits per heavy atom. The van der Waals surface area contributed by atoms with E-state index in [2.05, 4.69) is 9.88 Å². The molecule has 1 unspecified atom stereocenters. The summed E-state index contributed by atoms with van der Waals surface area (Å²) in [6.45, 7) is 2.68. The Morgan fingerprint density at radius 1 is 1.09 bits per heavy atom. The van der Waals surface area contributed by atoms with E-state index >= 15 is 0 Å². The van der Waals surface area contributed by atoms with E-state index in [4.69, 9.17) is 14.2 Å². The number of pyridine rings is 1. The molecule has 5 rings (SSSR count). The van der Waals surface area contributed by atoms with Gasteiger partial charge in [0, 0.05) is 38.3 Å². The van der Waals surface area contributed by atoms with Crippen LogP contribution in [0.1, 0.15) is 18.4 Å². The van der Waals surface area contributed by atoms with Gasteiger partial charge in [-0.25, -0.2) is 4.79 Å². The van der Waals surface area contributed by atoms with Crippen molar-refractivity contribution in [1.82, 2.24) is 14.8 Å². The number of hydrogen-bond donors (Lipinski definition) is 0. The number of nitrogens with zero attached hydrogens (tertiary/aromatic N) is 4. The fourth-order valence-corrected chi connectivity index (χ4v) is 5.26. The van der Waals surface area contributed by atoms with Crippen LogP contribution in [0.15, 0.2) is 54.9 Å². The highest BCUT2D eigenvalue weighted by Crippen LogP contribution is 2.43. The normalized spacial score (nSPS) is 23.8. The van der Waals surface area contributed by atoms with E-state index in [1.165, 1.54) is 4.90 Å². The molecule has 1 spiro atoms. The second-order valence-corrected chi connectivity index (χ2v) is 9.23. The molecule has 3 aliphatic rings. The van der Waals surface area contributed by atoms with E-state index < -0.39 is 17.4 Å². The van der Waals surface area contributed by atoms with Gasteiger partial charge in [0.15, 0.2) is 5.72 Å². The summed E-state index contributed by atoms with van der Waals surface area (Å²) in [7, 11) is 1.59. The first-order chi connectivity index (χ1) is 16.5. The highest BCUT2D eigenvalue weighted by molar-refractivity contribution is 5.84. The van der Waals surface area contributed by atoms with Crippen LogP contribution >= 0.6 is 0 Å². The summed E-state index contributed by atoms with van der Waals surface area (Å²) < 4.78 is 17.7. The molecule has 1 aromatic carbocycles. The first-order valence-corrected chi connectivity index (χ1v) is 11.6. The molecule has 0 radical (unpaired) electrons. The first-order valence-electron chi connectivity index (χ1n) is 11.6. The number of amides is 2. The molecule has 3 saturated heterocycles. The summed E-state index contributed by atoms with van der Waals surface area (Å²) in [6.07, 6.45) is 4.63. The van der Waals surface area contributed by atoms with Gasteiger partial charge in [0.25, 0.3) is 0 Å². The van der Waals surface area contributed by atoms with Crippen LogP contribution in [0.5, 0.6) is 0 Å². The SMILES string of the molecule is COCC12CN(C(=O)OCc3ccccc3)CC(=O)N1CC1(CCN(c3ccncc3)CC1)O2. The van der Waals surface area contributed by atoms with Crippen LogP contribution in [-0.2, 0) is 25.6 Å². The molecule has 3 aliphatic heterocycles. The van der Waals surface area contributed by atoms with Gasteiger partial charge in [-0.05, 0) is 30.5 Å². The number of piperidine rings is 1. The summed E-state index contributed by atoms with van der Waals surface area (Å²) in [6, 6.07) is 13.5. The Balaban J connectivity index is 1.28. The molecule has 2 aromatic rings. The van der Waals surface area contributed by atoms with Crippen molar-refractivity contribution in [1.29, 1.82) is 0 Å². The minimum atomic E-state index is -1.01. The molecule has 9 heteroatoms. The highest BCUT2D eigenvalue weighted by atomic mass is 16.6. The Kier molecular flexibility index (Phi) is 6.14. The van der Waals surface area contributed by atoms with Crippen LogP contribution in [0.4, 0.5) is 10.5 Å². The fourth-order valence-electron chi connectivity index (χ4n) is 5.26. The third kappa shape index (κ3) is 4.33. The van der Waals surface area contributed by atoms with E-state index in [-0.39, 0.29) is 32.2 Å². The maximum Gasteiger partial charge on any atom is 0.410 e. The average molecular weight is 467 g/mol. The summed E-state index contributed by atoms with van der Waals surface area (Å²) >= 11 is 0. The van der Waals surface area contributed by atoms with Gasteiger partial charge in [-0.15, -0.1) is 0 Å². The number of ether oxygens (including phenoxy) is 3. The van der Waals surface area contributed by atoms with E-state index in [1.54, 1.807) is 24.4 Å². The van der Waals surface area contributed by atoms with Gasteiger partial charge in [-0.3, -0.25) is 14.7 Å². The molecule has 0 aliphatic carbocycles. The molecule has 180 valence electrons. The smallest absolute Gasteiger partial charge is 0.410 e. The average Bonchev–Trinajstić information content (AvgIpc) is 3.18. The lowest BCUT2D eigenvalue weighted by atomic mass is 9.91. The van der Waals surface area contributed by atoms with Crippen molar-refractivity contribution in [3.63, 3.8) is 0 Å². The molecule has 2 amide bonds. The Labute approximate surface area is 199 Å². The number of methoxy groups -OCH3 is 1. The summed E-state index contributed by atoms with van der Waals surface area (Å²) in [5, 5.41) is 0. The number of benzene rings is 1. The van der Waals surface area contributed by atoms with Crippen LogP contribution in [0.3, 0.4) is 0 Å². The van der Waals surface area contributed by atoms with Crippen LogP contribution in [0.2, 0.25) is 0 Å². The zero-order valence-corrected chi connectivity index (χ0v) is 19.4. The van der Waals surface area contributed by atoms with E-state index in [0.29, 0.717) is 6.54 Å². The predicted octanol–water partition coefficient (Wildman–Crippen LogP) is 2.27. The van der Waals surface area contributed by atoms with Crippen molar-refractivity contribution in [2.75, 3.05) is 51.3 Å². The van der Waals surface area contributed by atoms with Crippen LogP contribution in [0.25, 0.3) is 0 Å². The van der Waals surface area contributed by atoms with Gasteiger partial charge in [0.05, 0.1) is 25.3 Å².